The number of anilines is 1. The Labute approximate surface area is 136 Å². The Morgan fingerprint density at radius 1 is 1.41 bits per heavy atom. The lowest BCUT2D eigenvalue weighted by molar-refractivity contribution is 0.835. The minimum atomic E-state index is 0.169. The van der Waals surface area contributed by atoms with Crippen molar-refractivity contribution in [2.45, 2.75) is 13.8 Å². The van der Waals surface area contributed by atoms with Crippen LogP contribution in [0.5, 0.6) is 0 Å². The fraction of sp³-hybridized carbons (Fsp3) is 0.267. The summed E-state index contributed by atoms with van der Waals surface area (Å²) in [5, 5.41) is 18.6. The second-order valence-corrected chi connectivity index (χ2v) is 6.22. The van der Waals surface area contributed by atoms with Crippen LogP contribution in [0, 0.1) is 16.7 Å². The summed E-state index contributed by atoms with van der Waals surface area (Å²) in [4.78, 5) is 7.33. The number of nitrogens with one attached hydrogen (secondary N) is 1. The first-order valence-electron chi connectivity index (χ1n) is 6.95. The van der Waals surface area contributed by atoms with E-state index in [0.717, 1.165) is 23.3 Å². The number of fused-ring (bicyclic) bond motifs is 3. The van der Waals surface area contributed by atoms with Crippen molar-refractivity contribution in [2.24, 2.45) is 0 Å². The van der Waals surface area contributed by atoms with E-state index in [0.29, 0.717) is 21.4 Å². The monoisotopic (exact) mass is 331 g/mol. The number of hydrogen-bond donors (Lipinski definition) is 1. The number of nitrogens with zero attached hydrogens (tertiary/aromatic N) is 4. The smallest absolute Gasteiger partial charge is 0.198 e. The normalized spacial score (nSPS) is 11.0. The molecule has 3 rings (SSSR count). The lowest BCUT2D eigenvalue weighted by atomic mass is 10.3. The molecule has 22 heavy (non-hydrogen) atoms. The average molecular weight is 332 g/mol. The molecule has 1 aromatic carbocycles. The minimum Gasteiger partial charge on any atom is -0.356 e. The van der Waals surface area contributed by atoms with Crippen LogP contribution in [0.25, 0.3) is 15.2 Å². The molecule has 0 bridgehead atoms. The molecule has 1 N–H and O–H groups in total. The number of nitriles is 1. The highest BCUT2D eigenvalue weighted by atomic mass is 35.5. The van der Waals surface area contributed by atoms with Gasteiger partial charge in [0.15, 0.2) is 16.3 Å². The van der Waals surface area contributed by atoms with Crippen LogP contribution in [0.4, 0.5) is 5.82 Å². The Kier molecular flexibility index (Phi) is 3.77. The van der Waals surface area contributed by atoms with Crippen molar-refractivity contribution in [3.63, 3.8) is 0 Å². The van der Waals surface area contributed by atoms with Gasteiger partial charge < -0.3 is 4.90 Å². The third kappa shape index (κ3) is 2.14. The first-order valence-corrected chi connectivity index (χ1v) is 8.14. The van der Waals surface area contributed by atoms with Crippen molar-refractivity contribution in [3.8, 4) is 6.07 Å². The van der Waals surface area contributed by atoms with Crippen LogP contribution in [-0.4, -0.2) is 22.5 Å². The molecule has 2 aromatic heterocycles. The molecule has 0 aliphatic heterocycles. The van der Waals surface area contributed by atoms with Gasteiger partial charge in [0, 0.05) is 18.1 Å². The van der Waals surface area contributed by atoms with Crippen molar-refractivity contribution < 1.29 is 0 Å². The maximum absolute atomic E-state index is 9.48. The molecule has 0 saturated heterocycles. The number of halogens is 1. The summed E-state index contributed by atoms with van der Waals surface area (Å²) in [5.41, 5.74) is 1.32. The standard InChI is InChI=1S/C15H14ClN5S/c1-3-20(4-2)14-10(8-17)13(18)21-11-6-5-9(16)7-12(11)22-15(21)19-14/h5-7,18H,3-4H2,1-2H3. The summed E-state index contributed by atoms with van der Waals surface area (Å²) in [6.07, 6.45) is 0. The summed E-state index contributed by atoms with van der Waals surface area (Å²) in [5.74, 6) is 0.579. The number of aromatic nitrogens is 2. The van der Waals surface area contributed by atoms with Crippen LogP contribution in [0.3, 0.4) is 0 Å². The van der Waals surface area contributed by atoms with Crippen molar-refractivity contribution in [2.75, 3.05) is 18.0 Å². The van der Waals surface area contributed by atoms with E-state index in [4.69, 9.17) is 17.0 Å². The maximum Gasteiger partial charge on any atom is 0.198 e. The lowest BCUT2D eigenvalue weighted by Crippen LogP contribution is -2.28. The third-order valence-electron chi connectivity index (χ3n) is 3.62. The SMILES string of the molecule is CCN(CC)c1nc2sc3cc(Cl)ccc3n2c(=N)c1C#N. The van der Waals surface area contributed by atoms with Crippen molar-refractivity contribution in [1.29, 1.82) is 10.7 Å². The summed E-state index contributed by atoms with van der Waals surface area (Å²) in [6, 6.07) is 7.64. The highest BCUT2D eigenvalue weighted by Crippen LogP contribution is 2.28. The van der Waals surface area contributed by atoms with Gasteiger partial charge in [-0.15, -0.1) is 0 Å². The largest absolute Gasteiger partial charge is 0.356 e. The Hall–Kier alpha value is -2.10. The fourth-order valence-electron chi connectivity index (χ4n) is 2.51. The van der Waals surface area contributed by atoms with Crippen molar-refractivity contribution in [3.05, 3.63) is 34.3 Å². The Balaban J connectivity index is 2.45. The number of hydrogen-bond acceptors (Lipinski definition) is 5. The molecule has 0 radical (unpaired) electrons. The molecule has 0 aliphatic carbocycles. The lowest BCUT2D eigenvalue weighted by Gasteiger charge is -2.20. The molecule has 0 fully saturated rings. The van der Waals surface area contributed by atoms with Crippen molar-refractivity contribution in [1.82, 2.24) is 9.38 Å². The first kappa shape index (κ1) is 14.8. The van der Waals surface area contributed by atoms with Crippen molar-refractivity contribution >= 4 is 43.9 Å². The Morgan fingerprint density at radius 3 is 2.77 bits per heavy atom. The van der Waals surface area contributed by atoms with Gasteiger partial charge in [0.2, 0.25) is 0 Å². The van der Waals surface area contributed by atoms with E-state index in [-0.39, 0.29) is 5.49 Å². The Bertz CT molecular complexity index is 962. The molecule has 0 unspecified atom stereocenters. The van der Waals surface area contributed by atoms with Gasteiger partial charge in [-0.05, 0) is 32.0 Å². The van der Waals surface area contributed by atoms with Crippen LogP contribution in [0.1, 0.15) is 19.4 Å². The van der Waals surface area contributed by atoms with Gasteiger partial charge in [0.25, 0.3) is 0 Å². The molecule has 0 spiro atoms. The molecule has 3 aromatic rings. The molecule has 0 saturated carbocycles. The second-order valence-electron chi connectivity index (χ2n) is 4.78. The molecule has 112 valence electrons. The highest BCUT2D eigenvalue weighted by molar-refractivity contribution is 7.23. The molecule has 0 aliphatic rings. The molecule has 0 atom stereocenters. The van der Waals surface area contributed by atoms with Gasteiger partial charge in [0.1, 0.15) is 11.6 Å². The van der Waals surface area contributed by atoms with E-state index in [9.17, 15) is 5.26 Å². The highest BCUT2D eigenvalue weighted by Gasteiger charge is 2.17. The molecular weight excluding hydrogens is 318 g/mol. The quantitative estimate of drug-likeness (QED) is 0.799. The zero-order valence-electron chi connectivity index (χ0n) is 12.2. The summed E-state index contributed by atoms with van der Waals surface area (Å²) >= 11 is 7.51. The van der Waals surface area contributed by atoms with E-state index in [1.807, 2.05) is 30.9 Å². The van der Waals surface area contributed by atoms with E-state index in [1.54, 1.807) is 10.5 Å². The van der Waals surface area contributed by atoms with Gasteiger partial charge in [-0.1, -0.05) is 22.9 Å². The van der Waals surface area contributed by atoms with Crippen LogP contribution in [-0.2, 0) is 0 Å². The van der Waals surface area contributed by atoms with Crippen LogP contribution >= 0.6 is 22.9 Å². The summed E-state index contributed by atoms with van der Waals surface area (Å²) in [6.45, 7) is 5.50. The minimum absolute atomic E-state index is 0.169. The maximum atomic E-state index is 9.48. The Morgan fingerprint density at radius 2 is 2.14 bits per heavy atom. The van der Waals surface area contributed by atoms with Gasteiger partial charge in [-0.2, -0.15) is 5.26 Å². The zero-order valence-corrected chi connectivity index (χ0v) is 13.8. The van der Waals surface area contributed by atoms with Gasteiger partial charge in [-0.3, -0.25) is 9.81 Å². The topological polar surface area (TPSA) is 68.2 Å². The predicted octanol–water partition coefficient (Wildman–Crippen LogP) is 3.40. The average Bonchev–Trinajstić information content (AvgIpc) is 2.86. The van der Waals surface area contributed by atoms with E-state index in [2.05, 4.69) is 11.1 Å². The molecule has 5 nitrogen and oxygen atoms in total. The zero-order chi connectivity index (χ0) is 15.9. The number of thiazole rings is 1. The van der Waals surface area contributed by atoms with Crippen LogP contribution in [0.2, 0.25) is 5.02 Å². The van der Waals surface area contributed by atoms with Gasteiger partial charge >= 0.3 is 0 Å². The van der Waals surface area contributed by atoms with E-state index < -0.39 is 0 Å². The van der Waals surface area contributed by atoms with E-state index >= 15 is 0 Å². The predicted molar refractivity (Wildman–Crippen MR) is 89.7 cm³/mol. The number of benzene rings is 1. The third-order valence-corrected chi connectivity index (χ3v) is 4.85. The van der Waals surface area contributed by atoms with Gasteiger partial charge in [-0.25, -0.2) is 4.98 Å². The molecule has 2 heterocycles. The van der Waals surface area contributed by atoms with Crippen LogP contribution < -0.4 is 10.4 Å². The van der Waals surface area contributed by atoms with Gasteiger partial charge in [0.05, 0.1) is 10.2 Å². The summed E-state index contributed by atoms with van der Waals surface area (Å²) < 4.78 is 2.66. The molecule has 0 amide bonds. The second kappa shape index (κ2) is 5.59. The molecule has 7 heteroatoms. The molecular formula is C15H14ClN5S. The fourth-order valence-corrected chi connectivity index (χ4v) is 3.81. The summed E-state index contributed by atoms with van der Waals surface area (Å²) in [7, 11) is 0. The number of rotatable bonds is 3. The van der Waals surface area contributed by atoms with Crippen LogP contribution in [0.15, 0.2) is 18.2 Å². The first-order chi connectivity index (χ1) is 10.6. The van der Waals surface area contributed by atoms with E-state index in [1.165, 1.54) is 11.3 Å².